The van der Waals surface area contributed by atoms with Gasteiger partial charge in [0, 0.05) is 30.1 Å². The van der Waals surface area contributed by atoms with E-state index in [-0.39, 0.29) is 16.7 Å². The number of rotatable bonds is 6. The van der Waals surface area contributed by atoms with Crippen molar-refractivity contribution in [1.29, 1.82) is 0 Å². The summed E-state index contributed by atoms with van der Waals surface area (Å²) in [6, 6.07) is 20.2. The molecular weight excluding hydrogens is 412 g/mol. The molecule has 0 spiro atoms. The molecule has 0 unspecified atom stereocenters. The number of ether oxygens (including phenoxy) is 1. The maximum absolute atomic E-state index is 13.0. The van der Waals surface area contributed by atoms with Crippen LogP contribution in [0.2, 0.25) is 0 Å². The zero-order valence-electron chi connectivity index (χ0n) is 17.5. The van der Waals surface area contributed by atoms with Crippen LogP contribution in [0.3, 0.4) is 0 Å². The lowest BCUT2D eigenvalue weighted by Crippen LogP contribution is -2.41. The SMILES string of the molecule is CCOc1ccc(S(=O)(=O)N2CCC(C(=O)Nc3cccc4ccccc34)CC2)cc1. The summed E-state index contributed by atoms with van der Waals surface area (Å²) in [4.78, 5) is 13.1. The molecule has 3 aromatic rings. The molecular formula is C24H26N2O4S. The number of sulfonamides is 1. The second-order valence-electron chi connectivity index (χ2n) is 7.60. The molecule has 1 amide bonds. The topological polar surface area (TPSA) is 75.7 Å². The number of hydrogen-bond donors (Lipinski definition) is 1. The van der Waals surface area contributed by atoms with Crippen molar-refractivity contribution in [3.63, 3.8) is 0 Å². The van der Waals surface area contributed by atoms with Gasteiger partial charge < -0.3 is 10.1 Å². The molecule has 3 aromatic carbocycles. The highest BCUT2D eigenvalue weighted by atomic mass is 32.2. The molecule has 1 N–H and O–H groups in total. The van der Waals surface area contributed by atoms with Crippen molar-refractivity contribution in [2.75, 3.05) is 25.0 Å². The van der Waals surface area contributed by atoms with Crippen LogP contribution in [0.5, 0.6) is 5.75 Å². The lowest BCUT2D eigenvalue weighted by molar-refractivity contribution is -0.120. The zero-order chi connectivity index (χ0) is 21.8. The molecule has 0 aromatic heterocycles. The Kier molecular flexibility index (Phi) is 6.25. The second kappa shape index (κ2) is 9.08. The van der Waals surface area contributed by atoms with E-state index >= 15 is 0 Å². The Balaban J connectivity index is 1.40. The molecule has 6 nitrogen and oxygen atoms in total. The minimum atomic E-state index is -3.58. The van der Waals surface area contributed by atoms with Crippen LogP contribution < -0.4 is 10.1 Å². The van der Waals surface area contributed by atoms with Gasteiger partial charge in [-0.1, -0.05) is 36.4 Å². The Morgan fingerprint density at radius 1 is 1.00 bits per heavy atom. The summed E-state index contributed by atoms with van der Waals surface area (Å²) in [5, 5.41) is 5.10. The first-order valence-electron chi connectivity index (χ1n) is 10.5. The van der Waals surface area contributed by atoms with Gasteiger partial charge in [0.05, 0.1) is 11.5 Å². The normalized spacial score (nSPS) is 15.6. The van der Waals surface area contributed by atoms with Gasteiger partial charge in [-0.2, -0.15) is 4.31 Å². The molecule has 1 saturated heterocycles. The van der Waals surface area contributed by atoms with E-state index in [1.165, 1.54) is 4.31 Å². The predicted molar refractivity (Wildman–Crippen MR) is 122 cm³/mol. The number of anilines is 1. The lowest BCUT2D eigenvalue weighted by Gasteiger charge is -2.30. The monoisotopic (exact) mass is 438 g/mol. The van der Waals surface area contributed by atoms with E-state index < -0.39 is 10.0 Å². The molecule has 162 valence electrons. The standard InChI is InChI=1S/C24H26N2O4S/c1-2-30-20-10-12-21(13-11-20)31(28,29)26-16-14-19(15-17-26)24(27)25-23-9-5-7-18-6-3-4-8-22(18)23/h3-13,19H,2,14-17H2,1H3,(H,25,27). The first kappa shape index (κ1) is 21.3. The van der Waals surface area contributed by atoms with Crippen molar-refractivity contribution >= 4 is 32.4 Å². The smallest absolute Gasteiger partial charge is 0.243 e. The van der Waals surface area contributed by atoms with Gasteiger partial charge in [0.15, 0.2) is 0 Å². The highest BCUT2D eigenvalue weighted by molar-refractivity contribution is 7.89. The van der Waals surface area contributed by atoms with Crippen molar-refractivity contribution in [3.05, 3.63) is 66.7 Å². The quantitative estimate of drug-likeness (QED) is 0.623. The minimum Gasteiger partial charge on any atom is -0.494 e. The molecule has 1 fully saturated rings. The summed E-state index contributed by atoms with van der Waals surface area (Å²) in [5.41, 5.74) is 0.785. The number of carbonyl (C=O) groups is 1. The third-order valence-electron chi connectivity index (χ3n) is 5.64. The molecule has 0 bridgehead atoms. The number of benzene rings is 3. The Morgan fingerprint density at radius 2 is 1.68 bits per heavy atom. The van der Waals surface area contributed by atoms with Crippen LogP contribution in [0, 0.1) is 5.92 Å². The van der Waals surface area contributed by atoms with Crippen molar-refractivity contribution in [1.82, 2.24) is 4.31 Å². The molecule has 31 heavy (non-hydrogen) atoms. The Bertz CT molecular complexity index is 1160. The maximum atomic E-state index is 13.0. The molecule has 0 radical (unpaired) electrons. The van der Waals surface area contributed by atoms with Crippen LogP contribution in [0.4, 0.5) is 5.69 Å². The number of nitrogens with zero attached hydrogens (tertiary/aromatic N) is 1. The molecule has 1 heterocycles. The van der Waals surface area contributed by atoms with Gasteiger partial charge in [-0.05, 0) is 55.5 Å². The van der Waals surface area contributed by atoms with Gasteiger partial charge in [0.1, 0.15) is 5.75 Å². The van der Waals surface area contributed by atoms with Crippen molar-refractivity contribution < 1.29 is 17.9 Å². The van der Waals surface area contributed by atoms with E-state index in [0.29, 0.717) is 38.3 Å². The van der Waals surface area contributed by atoms with Gasteiger partial charge >= 0.3 is 0 Å². The Labute approximate surface area is 182 Å². The third kappa shape index (κ3) is 4.57. The molecule has 0 atom stereocenters. The average Bonchev–Trinajstić information content (AvgIpc) is 2.80. The van der Waals surface area contributed by atoms with E-state index in [1.54, 1.807) is 24.3 Å². The zero-order valence-corrected chi connectivity index (χ0v) is 18.3. The molecule has 7 heteroatoms. The number of nitrogens with one attached hydrogen (secondary N) is 1. The predicted octanol–water partition coefficient (Wildman–Crippen LogP) is 4.28. The number of piperidine rings is 1. The molecule has 1 aliphatic heterocycles. The summed E-state index contributed by atoms with van der Waals surface area (Å²) in [6.07, 6.45) is 0.986. The summed E-state index contributed by atoms with van der Waals surface area (Å²) >= 11 is 0. The van der Waals surface area contributed by atoms with E-state index in [9.17, 15) is 13.2 Å². The fourth-order valence-electron chi connectivity index (χ4n) is 3.95. The van der Waals surface area contributed by atoms with Crippen LogP contribution in [0.25, 0.3) is 10.8 Å². The summed E-state index contributed by atoms with van der Waals surface area (Å²) in [6.45, 7) is 3.05. The summed E-state index contributed by atoms with van der Waals surface area (Å²) in [7, 11) is -3.58. The van der Waals surface area contributed by atoms with Crippen molar-refractivity contribution in [2.45, 2.75) is 24.7 Å². The number of fused-ring (bicyclic) bond motifs is 1. The Morgan fingerprint density at radius 3 is 2.39 bits per heavy atom. The first-order valence-corrected chi connectivity index (χ1v) is 11.9. The van der Waals surface area contributed by atoms with E-state index in [1.807, 2.05) is 49.4 Å². The second-order valence-corrected chi connectivity index (χ2v) is 9.54. The minimum absolute atomic E-state index is 0.0607. The van der Waals surface area contributed by atoms with Crippen molar-refractivity contribution in [3.8, 4) is 5.75 Å². The molecule has 0 aliphatic carbocycles. The summed E-state index contributed by atoms with van der Waals surface area (Å²) in [5.74, 6) is 0.366. The van der Waals surface area contributed by atoms with E-state index in [0.717, 1.165) is 16.5 Å². The first-order chi connectivity index (χ1) is 15.0. The van der Waals surface area contributed by atoms with Crippen LogP contribution in [0.1, 0.15) is 19.8 Å². The van der Waals surface area contributed by atoms with Gasteiger partial charge in [0.2, 0.25) is 15.9 Å². The van der Waals surface area contributed by atoms with Gasteiger partial charge in [0.25, 0.3) is 0 Å². The highest BCUT2D eigenvalue weighted by Gasteiger charge is 2.32. The van der Waals surface area contributed by atoms with Crippen molar-refractivity contribution in [2.24, 2.45) is 5.92 Å². The van der Waals surface area contributed by atoms with E-state index in [4.69, 9.17) is 4.74 Å². The third-order valence-corrected chi connectivity index (χ3v) is 7.56. The van der Waals surface area contributed by atoms with Crippen LogP contribution in [-0.2, 0) is 14.8 Å². The largest absolute Gasteiger partial charge is 0.494 e. The highest BCUT2D eigenvalue weighted by Crippen LogP contribution is 2.28. The van der Waals surface area contributed by atoms with Crippen LogP contribution in [0.15, 0.2) is 71.6 Å². The van der Waals surface area contributed by atoms with E-state index in [2.05, 4.69) is 5.32 Å². The van der Waals surface area contributed by atoms with Crippen LogP contribution >= 0.6 is 0 Å². The molecule has 1 aliphatic rings. The Hall–Kier alpha value is -2.90. The fraction of sp³-hybridized carbons (Fsp3) is 0.292. The summed E-state index contributed by atoms with van der Waals surface area (Å²) < 4.78 is 32.8. The lowest BCUT2D eigenvalue weighted by atomic mass is 9.97. The van der Waals surface area contributed by atoms with Crippen LogP contribution in [-0.4, -0.2) is 38.3 Å². The maximum Gasteiger partial charge on any atom is 0.243 e. The van der Waals surface area contributed by atoms with Gasteiger partial charge in [-0.3, -0.25) is 4.79 Å². The number of hydrogen-bond acceptors (Lipinski definition) is 4. The number of carbonyl (C=O) groups excluding carboxylic acids is 1. The average molecular weight is 439 g/mol. The molecule has 4 rings (SSSR count). The van der Waals surface area contributed by atoms with Gasteiger partial charge in [-0.25, -0.2) is 8.42 Å². The fourth-order valence-corrected chi connectivity index (χ4v) is 5.42. The number of amides is 1. The van der Waals surface area contributed by atoms with Gasteiger partial charge in [-0.15, -0.1) is 0 Å². The molecule has 0 saturated carbocycles.